The third kappa shape index (κ3) is 3.74. The summed E-state index contributed by atoms with van der Waals surface area (Å²) < 4.78 is 0. The number of fused-ring (bicyclic) bond motifs is 1. The van der Waals surface area contributed by atoms with Crippen LogP contribution in [0.25, 0.3) is 0 Å². The largest absolute Gasteiger partial charge is 0.478 e. The quantitative estimate of drug-likeness (QED) is 0.868. The van der Waals surface area contributed by atoms with Gasteiger partial charge in [-0.1, -0.05) is 36.4 Å². The van der Waals surface area contributed by atoms with Crippen LogP contribution in [0.5, 0.6) is 0 Å². The van der Waals surface area contributed by atoms with E-state index in [2.05, 4.69) is 12.1 Å². The van der Waals surface area contributed by atoms with Gasteiger partial charge in [-0.25, -0.2) is 4.79 Å². The lowest BCUT2D eigenvalue weighted by atomic mass is 9.87. The minimum Gasteiger partial charge on any atom is -0.478 e. The van der Waals surface area contributed by atoms with Crippen LogP contribution in [0.15, 0.2) is 53.4 Å². The van der Waals surface area contributed by atoms with Crippen LogP contribution in [0.4, 0.5) is 0 Å². The number of carbonyl (C=O) groups is 2. The van der Waals surface area contributed by atoms with Gasteiger partial charge >= 0.3 is 5.97 Å². The van der Waals surface area contributed by atoms with Crippen molar-refractivity contribution in [3.05, 3.63) is 65.2 Å². The molecule has 1 atom stereocenters. The zero-order valence-electron chi connectivity index (χ0n) is 15.1. The van der Waals surface area contributed by atoms with E-state index in [1.54, 1.807) is 23.9 Å². The van der Waals surface area contributed by atoms with Crippen LogP contribution in [-0.4, -0.2) is 40.7 Å². The first-order valence-corrected chi connectivity index (χ1v) is 10.4. The highest BCUT2D eigenvalue weighted by molar-refractivity contribution is 7.99. The molecule has 1 N–H and O–H groups in total. The molecule has 1 saturated heterocycles. The Balaban J connectivity index is 1.37. The predicted molar refractivity (Wildman–Crippen MR) is 106 cm³/mol. The summed E-state index contributed by atoms with van der Waals surface area (Å²) in [6.07, 6.45) is 2.63. The molecule has 0 spiro atoms. The van der Waals surface area contributed by atoms with Gasteiger partial charge in [-0.3, -0.25) is 4.79 Å². The molecule has 0 aliphatic carbocycles. The number of benzene rings is 2. The minimum absolute atomic E-state index is 0.0181. The Morgan fingerprint density at radius 3 is 2.52 bits per heavy atom. The van der Waals surface area contributed by atoms with Gasteiger partial charge in [-0.15, -0.1) is 11.8 Å². The molecule has 2 aliphatic heterocycles. The van der Waals surface area contributed by atoms with Crippen LogP contribution >= 0.6 is 11.8 Å². The number of nitrogens with zero attached hydrogens (tertiary/aromatic N) is 1. The van der Waals surface area contributed by atoms with Crippen molar-refractivity contribution >= 4 is 23.6 Å². The van der Waals surface area contributed by atoms with Gasteiger partial charge in [-0.05, 0) is 48.4 Å². The SMILES string of the molecule is O=C(O)c1ccccc1CC1CCN(C(=O)C2CSc3ccccc32)CC1. The molecular formula is C22H23NO3S. The van der Waals surface area contributed by atoms with Crippen LogP contribution in [-0.2, 0) is 11.2 Å². The number of carbonyl (C=O) groups excluding carboxylic acids is 1. The summed E-state index contributed by atoms with van der Waals surface area (Å²) in [5.74, 6) is 0.632. The molecule has 27 heavy (non-hydrogen) atoms. The number of likely N-dealkylation sites (tertiary alicyclic amines) is 1. The van der Waals surface area contributed by atoms with Crippen molar-refractivity contribution in [1.29, 1.82) is 0 Å². The molecule has 5 heteroatoms. The maximum Gasteiger partial charge on any atom is 0.335 e. The first-order chi connectivity index (χ1) is 13.1. The van der Waals surface area contributed by atoms with E-state index < -0.39 is 5.97 Å². The molecule has 2 heterocycles. The Kier molecular flexibility index (Phi) is 5.21. The van der Waals surface area contributed by atoms with Gasteiger partial charge in [0.15, 0.2) is 0 Å². The number of hydrogen-bond donors (Lipinski definition) is 1. The van der Waals surface area contributed by atoms with Gasteiger partial charge in [0.05, 0.1) is 11.5 Å². The number of aromatic carboxylic acids is 1. The highest BCUT2D eigenvalue weighted by Crippen LogP contribution is 2.40. The Morgan fingerprint density at radius 2 is 1.74 bits per heavy atom. The molecule has 0 radical (unpaired) electrons. The van der Waals surface area contributed by atoms with E-state index in [9.17, 15) is 14.7 Å². The number of carboxylic acids is 1. The van der Waals surface area contributed by atoms with Crippen LogP contribution in [0.3, 0.4) is 0 Å². The second-order valence-electron chi connectivity index (χ2n) is 7.34. The summed E-state index contributed by atoms with van der Waals surface area (Å²) in [5, 5.41) is 9.36. The number of thioether (sulfide) groups is 1. The Labute approximate surface area is 163 Å². The van der Waals surface area contributed by atoms with E-state index >= 15 is 0 Å². The van der Waals surface area contributed by atoms with Gasteiger partial charge in [0, 0.05) is 23.7 Å². The van der Waals surface area contributed by atoms with Crippen molar-refractivity contribution in [2.75, 3.05) is 18.8 Å². The molecule has 2 aliphatic rings. The van der Waals surface area contributed by atoms with Gasteiger partial charge in [0.2, 0.25) is 5.91 Å². The smallest absolute Gasteiger partial charge is 0.335 e. The van der Waals surface area contributed by atoms with E-state index in [1.807, 2.05) is 29.2 Å². The Morgan fingerprint density at radius 1 is 1.04 bits per heavy atom. The maximum absolute atomic E-state index is 13.0. The molecule has 2 aromatic carbocycles. The summed E-state index contributed by atoms with van der Waals surface area (Å²) in [4.78, 5) is 27.6. The number of piperidine rings is 1. The first-order valence-electron chi connectivity index (χ1n) is 9.45. The van der Waals surface area contributed by atoms with Gasteiger partial charge in [0.25, 0.3) is 0 Å². The third-order valence-electron chi connectivity index (χ3n) is 5.68. The van der Waals surface area contributed by atoms with E-state index in [0.717, 1.165) is 43.7 Å². The fraction of sp³-hybridized carbons (Fsp3) is 0.364. The maximum atomic E-state index is 13.0. The van der Waals surface area contributed by atoms with Crippen LogP contribution < -0.4 is 0 Å². The van der Waals surface area contributed by atoms with Crippen molar-refractivity contribution in [2.45, 2.75) is 30.1 Å². The number of carboxylic acid groups (broad SMARTS) is 1. The lowest BCUT2D eigenvalue weighted by molar-refractivity contribution is -0.133. The molecule has 0 saturated carbocycles. The molecule has 1 fully saturated rings. The number of amides is 1. The molecule has 2 aromatic rings. The standard InChI is InChI=1S/C22H23NO3S/c24-21(19-14-27-20-8-4-3-7-18(19)20)23-11-9-15(10-12-23)13-16-5-1-2-6-17(16)22(25)26/h1-8,15,19H,9-14H2,(H,25,26). The molecule has 4 nitrogen and oxygen atoms in total. The molecule has 140 valence electrons. The average molecular weight is 381 g/mol. The average Bonchev–Trinajstić information content (AvgIpc) is 3.12. The highest BCUT2D eigenvalue weighted by atomic mass is 32.2. The van der Waals surface area contributed by atoms with Crippen molar-refractivity contribution < 1.29 is 14.7 Å². The fourth-order valence-corrected chi connectivity index (χ4v) is 5.38. The molecule has 0 aromatic heterocycles. The van der Waals surface area contributed by atoms with E-state index in [0.29, 0.717) is 11.5 Å². The zero-order chi connectivity index (χ0) is 18.8. The number of rotatable bonds is 4. The topological polar surface area (TPSA) is 57.6 Å². The molecule has 4 rings (SSSR count). The van der Waals surface area contributed by atoms with Crippen LogP contribution in [0, 0.1) is 5.92 Å². The van der Waals surface area contributed by atoms with Crippen molar-refractivity contribution in [3.8, 4) is 0 Å². The van der Waals surface area contributed by atoms with Gasteiger partial charge in [0.1, 0.15) is 0 Å². The summed E-state index contributed by atoms with van der Waals surface area (Å²) in [5.41, 5.74) is 2.47. The van der Waals surface area contributed by atoms with E-state index in [4.69, 9.17) is 0 Å². The predicted octanol–water partition coefficient (Wildman–Crippen LogP) is 4.06. The lowest BCUT2D eigenvalue weighted by Gasteiger charge is -2.34. The Hall–Kier alpha value is -2.27. The normalized spacial score (nSPS) is 19.7. The monoisotopic (exact) mass is 381 g/mol. The highest BCUT2D eigenvalue weighted by Gasteiger charge is 2.33. The van der Waals surface area contributed by atoms with Crippen LogP contribution in [0.1, 0.15) is 40.2 Å². The first kappa shape index (κ1) is 18.1. The van der Waals surface area contributed by atoms with Crippen molar-refractivity contribution in [3.63, 3.8) is 0 Å². The van der Waals surface area contributed by atoms with E-state index in [1.165, 1.54) is 10.5 Å². The zero-order valence-corrected chi connectivity index (χ0v) is 16.0. The van der Waals surface area contributed by atoms with Crippen molar-refractivity contribution in [2.24, 2.45) is 5.92 Å². The summed E-state index contributed by atoms with van der Waals surface area (Å²) in [6.45, 7) is 1.53. The third-order valence-corrected chi connectivity index (χ3v) is 6.86. The van der Waals surface area contributed by atoms with E-state index in [-0.39, 0.29) is 11.8 Å². The van der Waals surface area contributed by atoms with Crippen LogP contribution in [0.2, 0.25) is 0 Å². The molecule has 0 bridgehead atoms. The molecule has 1 unspecified atom stereocenters. The summed E-state index contributed by atoms with van der Waals surface area (Å²) >= 11 is 1.77. The van der Waals surface area contributed by atoms with Gasteiger partial charge < -0.3 is 10.0 Å². The molecular weight excluding hydrogens is 358 g/mol. The Bertz CT molecular complexity index is 858. The van der Waals surface area contributed by atoms with Crippen molar-refractivity contribution in [1.82, 2.24) is 4.90 Å². The second-order valence-corrected chi connectivity index (χ2v) is 8.40. The molecule has 1 amide bonds. The second kappa shape index (κ2) is 7.77. The summed E-state index contributed by atoms with van der Waals surface area (Å²) in [6, 6.07) is 15.5. The fourth-order valence-electron chi connectivity index (χ4n) is 4.16. The summed E-state index contributed by atoms with van der Waals surface area (Å²) in [7, 11) is 0. The van der Waals surface area contributed by atoms with Gasteiger partial charge in [-0.2, -0.15) is 0 Å². The number of hydrogen-bond acceptors (Lipinski definition) is 3. The minimum atomic E-state index is -0.865. The lowest BCUT2D eigenvalue weighted by Crippen LogP contribution is -2.41.